The van der Waals surface area contributed by atoms with Gasteiger partial charge in [-0.3, -0.25) is 5.32 Å². The Morgan fingerprint density at radius 3 is 2.56 bits per heavy atom. The van der Waals surface area contributed by atoms with Crippen LogP contribution in [0.4, 0.5) is 20.6 Å². The van der Waals surface area contributed by atoms with Crippen molar-refractivity contribution in [1.82, 2.24) is 0 Å². The number of carbonyl (C=O) groups excluding carboxylic acids is 1. The van der Waals surface area contributed by atoms with Crippen molar-refractivity contribution >= 4 is 17.5 Å². The first-order valence-electron chi connectivity index (χ1n) is 4.83. The number of hydrogen-bond donors (Lipinski definition) is 2. The van der Waals surface area contributed by atoms with Gasteiger partial charge in [-0.1, -0.05) is 0 Å². The van der Waals surface area contributed by atoms with E-state index < -0.39 is 17.5 Å². The molecule has 1 amide bonds. The van der Waals surface area contributed by atoms with Gasteiger partial charge in [-0.2, -0.15) is 0 Å². The van der Waals surface area contributed by atoms with Gasteiger partial charge >= 0.3 is 6.09 Å². The van der Waals surface area contributed by atoms with Crippen LogP contribution in [-0.2, 0) is 4.74 Å². The Morgan fingerprint density at radius 2 is 2.06 bits per heavy atom. The van der Waals surface area contributed by atoms with Crippen LogP contribution in [0.15, 0.2) is 18.2 Å². The number of nitrogens with one attached hydrogen (secondary N) is 1. The van der Waals surface area contributed by atoms with Crippen molar-refractivity contribution in [3.8, 4) is 0 Å². The van der Waals surface area contributed by atoms with Crippen LogP contribution in [0.2, 0.25) is 0 Å². The normalized spacial score (nSPS) is 11.0. The van der Waals surface area contributed by atoms with Gasteiger partial charge in [0.05, 0.1) is 5.69 Å². The van der Waals surface area contributed by atoms with Crippen molar-refractivity contribution in [2.75, 3.05) is 11.1 Å². The fourth-order valence-electron chi connectivity index (χ4n) is 1.05. The first kappa shape index (κ1) is 12.3. The molecule has 0 fully saturated rings. The van der Waals surface area contributed by atoms with Crippen molar-refractivity contribution in [1.29, 1.82) is 0 Å². The number of carbonyl (C=O) groups is 1. The summed E-state index contributed by atoms with van der Waals surface area (Å²) >= 11 is 0. The summed E-state index contributed by atoms with van der Waals surface area (Å²) in [5.74, 6) is -0.592. The molecular formula is C11H15FN2O2. The molecule has 5 heteroatoms. The van der Waals surface area contributed by atoms with Gasteiger partial charge in [-0.05, 0) is 39.0 Å². The van der Waals surface area contributed by atoms with E-state index in [0.29, 0.717) is 5.69 Å². The van der Waals surface area contributed by atoms with E-state index in [1.807, 2.05) is 0 Å². The first-order chi connectivity index (χ1) is 7.28. The number of ether oxygens (including phenoxy) is 1. The van der Waals surface area contributed by atoms with E-state index in [9.17, 15) is 9.18 Å². The molecule has 16 heavy (non-hydrogen) atoms. The number of rotatable bonds is 1. The van der Waals surface area contributed by atoms with E-state index in [0.717, 1.165) is 6.07 Å². The Bertz CT molecular complexity index is 399. The van der Waals surface area contributed by atoms with Crippen LogP contribution < -0.4 is 11.1 Å². The second-order valence-electron chi connectivity index (χ2n) is 4.37. The summed E-state index contributed by atoms with van der Waals surface area (Å²) in [4.78, 5) is 11.3. The minimum Gasteiger partial charge on any atom is -0.444 e. The second-order valence-corrected chi connectivity index (χ2v) is 4.37. The standard InChI is InChI=1S/C11H15FN2O2/c1-11(2,3)16-10(15)14-9-5-4-7(13)6-8(9)12/h4-6H,13H2,1-3H3,(H,14,15). The Morgan fingerprint density at radius 1 is 1.44 bits per heavy atom. The summed E-state index contributed by atoms with van der Waals surface area (Å²) in [5.41, 5.74) is 5.10. The Labute approximate surface area is 93.6 Å². The molecule has 88 valence electrons. The molecule has 0 heterocycles. The molecule has 1 aromatic rings. The van der Waals surface area contributed by atoms with Gasteiger partial charge in [0.15, 0.2) is 0 Å². The Balaban J connectivity index is 2.70. The second kappa shape index (κ2) is 4.38. The lowest BCUT2D eigenvalue weighted by atomic mass is 10.2. The molecule has 0 aliphatic heterocycles. The number of amides is 1. The third-order valence-corrected chi connectivity index (χ3v) is 1.63. The third kappa shape index (κ3) is 3.76. The largest absolute Gasteiger partial charge is 0.444 e. The predicted molar refractivity (Wildman–Crippen MR) is 60.7 cm³/mol. The number of nitrogens with two attached hydrogens (primary N) is 1. The molecule has 0 bridgehead atoms. The zero-order chi connectivity index (χ0) is 12.3. The smallest absolute Gasteiger partial charge is 0.412 e. The molecule has 0 aromatic heterocycles. The minimum absolute atomic E-state index is 0.0449. The number of nitrogen functional groups attached to an aromatic ring is 1. The van der Waals surface area contributed by atoms with Crippen molar-refractivity contribution in [2.24, 2.45) is 0 Å². The van der Waals surface area contributed by atoms with Crippen LogP contribution in [0.3, 0.4) is 0 Å². The molecule has 0 atom stereocenters. The van der Waals surface area contributed by atoms with Crippen molar-refractivity contribution in [3.63, 3.8) is 0 Å². The highest BCUT2D eigenvalue weighted by molar-refractivity contribution is 5.85. The van der Waals surface area contributed by atoms with Gasteiger partial charge in [-0.15, -0.1) is 0 Å². The molecule has 0 spiro atoms. The van der Waals surface area contributed by atoms with Crippen LogP contribution in [0.1, 0.15) is 20.8 Å². The van der Waals surface area contributed by atoms with Crippen LogP contribution in [0.25, 0.3) is 0 Å². The highest BCUT2D eigenvalue weighted by Gasteiger charge is 2.17. The van der Waals surface area contributed by atoms with Crippen LogP contribution in [0, 0.1) is 5.82 Å². The van der Waals surface area contributed by atoms with Crippen LogP contribution >= 0.6 is 0 Å². The summed E-state index contributed by atoms with van der Waals surface area (Å²) in [6.45, 7) is 5.18. The molecular weight excluding hydrogens is 211 g/mol. The molecule has 1 rings (SSSR count). The van der Waals surface area contributed by atoms with Crippen molar-refractivity contribution in [3.05, 3.63) is 24.0 Å². The summed E-state index contributed by atoms with van der Waals surface area (Å²) in [5, 5.41) is 2.30. The van der Waals surface area contributed by atoms with Crippen molar-refractivity contribution < 1.29 is 13.9 Å². The molecule has 0 radical (unpaired) electrons. The molecule has 0 saturated heterocycles. The lowest BCUT2D eigenvalue weighted by Crippen LogP contribution is -2.27. The maximum atomic E-state index is 13.3. The van der Waals surface area contributed by atoms with Gasteiger partial charge in [0, 0.05) is 5.69 Å². The number of halogens is 1. The summed E-state index contributed by atoms with van der Waals surface area (Å²) in [7, 11) is 0. The monoisotopic (exact) mass is 226 g/mol. The highest BCUT2D eigenvalue weighted by Crippen LogP contribution is 2.18. The Hall–Kier alpha value is -1.78. The number of hydrogen-bond acceptors (Lipinski definition) is 3. The fraction of sp³-hybridized carbons (Fsp3) is 0.364. The van der Waals surface area contributed by atoms with E-state index >= 15 is 0 Å². The lowest BCUT2D eigenvalue weighted by Gasteiger charge is -2.19. The SMILES string of the molecule is CC(C)(C)OC(=O)Nc1ccc(N)cc1F. The third-order valence-electron chi connectivity index (χ3n) is 1.63. The van der Waals surface area contributed by atoms with Gasteiger partial charge in [0.2, 0.25) is 0 Å². The maximum Gasteiger partial charge on any atom is 0.412 e. The zero-order valence-corrected chi connectivity index (χ0v) is 9.50. The van der Waals surface area contributed by atoms with Crippen LogP contribution in [-0.4, -0.2) is 11.7 Å². The molecule has 3 N–H and O–H groups in total. The number of benzene rings is 1. The van der Waals surface area contributed by atoms with E-state index in [4.69, 9.17) is 10.5 Å². The van der Waals surface area contributed by atoms with Crippen LogP contribution in [0.5, 0.6) is 0 Å². The van der Waals surface area contributed by atoms with Gasteiger partial charge in [-0.25, -0.2) is 9.18 Å². The molecule has 0 saturated carbocycles. The maximum absolute atomic E-state index is 13.3. The topological polar surface area (TPSA) is 64.3 Å². The summed E-state index contributed by atoms with van der Waals surface area (Å²) in [6, 6.07) is 4.01. The quantitative estimate of drug-likeness (QED) is 0.723. The van der Waals surface area contributed by atoms with Gasteiger partial charge < -0.3 is 10.5 Å². The van der Waals surface area contributed by atoms with E-state index in [1.165, 1.54) is 12.1 Å². The zero-order valence-electron chi connectivity index (χ0n) is 9.50. The molecule has 4 nitrogen and oxygen atoms in total. The summed E-state index contributed by atoms with van der Waals surface area (Å²) < 4.78 is 18.3. The molecule has 0 unspecified atom stereocenters. The fourth-order valence-corrected chi connectivity index (χ4v) is 1.05. The van der Waals surface area contributed by atoms with E-state index in [2.05, 4.69) is 5.32 Å². The van der Waals surface area contributed by atoms with E-state index in [-0.39, 0.29) is 5.69 Å². The first-order valence-corrected chi connectivity index (χ1v) is 4.83. The van der Waals surface area contributed by atoms with E-state index in [1.54, 1.807) is 20.8 Å². The molecule has 0 aliphatic carbocycles. The lowest BCUT2D eigenvalue weighted by molar-refractivity contribution is 0.0635. The molecule has 0 aliphatic rings. The molecule has 1 aromatic carbocycles. The highest BCUT2D eigenvalue weighted by atomic mass is 19.1. The average molecular weight is 226 g/mol. The predicted octanol–water partition coefficient (Wildman–Crippen LogP) is 2.75. The number of anilines is 2. The Kier molecular flexibility index (Phi) is 3.37. The summed E-state index contributed by atoms with van der Waals surface area (Å²) in [6.07, 6.45) is -0.698. The van der Waals surface area contributed by atoms with Gasteiger partial charge in [0.25, 0.3) is 0 Å². The van der Waals surface area contributed by atoms with Gasteiger partial charge in [0.1, 0.15) is 11.4 Å². The minimum atomic E-state index is -0.698. The van der Waals surface area contributed by atoms with Crippen molar-refractivity contribution in [2.45, 2.75) is 26.4 Å². The average Bonchev–Trinajstić information content (AvgIpc) is 2.06.